The summed E-state index contributed by atoms with van der Waals surface area (Å²) in [7, 11) is 0. The molecule has 3 aromatic rings. The molecule has 8 nitrogen and oxygen atoms in total. The number of pyridine rings is 2. The van der Waals surface area contributed by atoms with Crippen LogP contribution in [0.1, 0.15) is 18.5 Å². The van der Waals surface area contributed by atoms with Gasteiger partial charge in [0.05, 0.1) is 5.57 Å². The first-order valence-corrected chi connectivity index (χ1v) is 7.73. The highest BCUT2D eigenvalue weighted by atomic mass is 16.1. The zero-order valence-corrected chi connectivity index (χ0v) is 13.4. The van der Waals surface area contributed by atoms with Gasteiger partial charge in [-0.2, -0.15) is 10.1 Å². The molecule has 2 N–H and O–H groups in total. The molecule has 0 unspecified atom stereocenters. The minimum absolute atomic E-state index is 0.244. The van der Waals surface area contributed by atoms with Crippen LogP contribution in [0.4, 0.5) is 11.8 Å². The van der Waals surface area contributed by atoms with Crippen molar-refractivity contribution in [3.8, 4) is 0 Å². The Labute approximate surface area is 143 Å². The predicted octanol–water partition coefficient (Wildman–Crippen LogP) is 2.00. The van der Waals surface area contributed by atoms with Crippen molar-refractivity contribution in [2.24, 2.45) is 0 Å². The number of aromatic nitrogens is 5. The quantitative estimate of drug-likeness (QED) is 0.761. The summed E-state index contributed by atoms with van der Waals surface area (Å²) >= 11 is 0. The van der Waals surface area contributed by atoms with Crippen molar-refractivity contribution in [3.05, 3.63) is 72.1 Å². The topological polar surface area (TPSA) is 97.6 Å². The molecule has 25 heavy (non-hydrogen) atoms. The van der Waals surface area contributed by atoms with Crippen LogP contribution in [-0.4, -0.2) is 30.6 Å². The summed E-state index contributed by atoms with van der Waals surface area (Å²) in [5.74, 6) is 0.839. The van der Waals surface area contributed by atoms with Crippen LogP contribution in [0, 0.1) is 0 Å². The summed E-state index contributed by atoms with van der Waals surface area (Å²) < 4.78 is 1.69. The Bertz CT molecular complexity index is 934. The number of rotatable bonds is 3. The lowest BCUT2D eigenvalue weighted by Gasteiger charge is -2.28. The molecule has 1 amide bonds. The van der Waals surface area contributed by atoms with E-state index in [2.05, 4.69) is 30.7 Å². The van der Waals surface area contributed by atoms with Gasteiger partial charge in [0.1, 0.15) is 18.2 Å². The number of nitrogens with one attached hydrogen (secondary N) is 2. The standard InChI is InChI=1S/C17H15N7O/c1-11-14(16(25)23-13-4-2-3-7-19-13)15(12-5-8-18-9-6-12)24-17(22-11)20-10-21-24/h2-10,15H,1H3,(H,19,23,25)(H,20,21,22)/t15-/m0/s1. The van der Waals surface area contributed by atoms with E-state index in [4.69, 9.17) is 0 Å². The number of allylic oxidation sites excluding steroid dienone is 1. The van der Waals surface area contributed by atoms with Gasteiger partial charge in [0.15, 0.2) is 0 Å². The van der Waals surface area contributed by atoms with Gasteiger partial charge >= 0.3 is 0 Å². The highest BCUT2D eigenvalue weighted by Gasteiger charge is 2.33. The molecule has 0 saturated carbocycles. The molecule has 1 atom stereocenters. The smallest absolute Gasteiger partial charge is 0.257 e. The average molecular weight is 333 g/mol. The van der Waals surface area contributed by atoms with Gasteiger partial charge in [-0.1, -0.05) is 6.07 Å². The molecule has 0 saturated heterocycles. The molecule has 0 radical (unpaired) electrons. The fourth-order valence-electron chi connectivity index (χ4n) is 2.86. The number of carbonyl (C=O) groups is 1. The van der Waals surface area contributed by atoms with Gasteiger partial charge in [-0.15, -0.1) is 0 Å². The van der Waals surface area contributed by atoms with E-state index in [1.165, 1.54) is 6.33 Å². The third-order valence-corrected chi connectivity index (χ3v) is 3.97. The number of nitrogens with zero attached hydrogens (tertiary/aromatic N) is 5. The molecule has 0 fully saturated rings. The molecule has 1 aliphatic rings. The molecule has 124 valence electrons. The van der Waals surface area contributed by atoms with E-state index < -0.39 is 6.04 Å². The van der Waals surface area contributed by atoms with Crippen molar-refractivity contribution < 1.29 is 4.79 Å². The molecule has 4 rings (SSSR count). The van der Waals surface area contributed by atoms with E-state index in [9.17, 15) is 4.79 Å². The van der Waals surface area contributed by atoms with Crippen molar-refractivity contribution in [1.82, 2.24) is 24.7 Å². The van der Waals surface area contributed by atoms with Crippen LogP contribution in [-0.2, 0) is 4.79 Å². The van der Waals surface area contributed by atoms with Crippen molar-refractivity contribution in [1.29, 1.82) is 0 Å². The number of hydrogen-bond donors (Lipinski definition) is 2. The molecular formula is C17H15N7O. The minimum atomic E-state index is -0.398. The predicted molar refractivity (Wildman–Crippen MR) is 91.6 cm³/mol. The van der Waals surface area contributed by atoms with Crippen LogP contribution in [0.5, 0.6) is 0 Å². The summed E-state index contributed by atoms with van der Waals surface area (Å²) in [5.41, 5.74) is 2.17. The van der Waals surface area contributed by atoms with E-state index in [1.54, 1.807) is 35.4 Å². The van der Waals surface area contributed by atoms with E-state index in [-0.39, 0.29) is 5.91 Å². The Hall–Kier alpha value is -3.55. The molecule has 4 heterocycles. The van der Waals surface area contributed by atoms with Gasteiger partial charge in [-0.05, 0) is 36.8 Å². The normalized spacial score (nSPS) is 16.1. The Morgan fingerprint density at radius 2 is 2.00 bits per heavy atom. The third-order valence-electron chi connectivity index (χ3n) is 3.97. The molecule has 1 aliphatic heterocycles. The second-order valence-corrected chi connectivity index (χ2v) is 5.54. The Morgan fingerprint density at radius 3 is 2.76 bits per heavy atom. The number of anilines is 2. The zero-order chi connectivity index (χ0) is 17.2. The third kappa shape index (κ3) is 2.74. The largest absolute Gasteiger partial charge is 0.328 e. The van der Waals surface area contributed by atoms with Gasteiger partial charge in [0.25, 0.3) is 5.91 Å². The van der Waals surface area contributed by atoms with Gasteiger partial charge < -0.3 is 10.6 Å². The first kappa shape index (κ1) is 15.0. The first-order chi connectivity index (χ1) is 12.2. The SMILES string of the molecule is CC1=C(C(=O)Nc2ccccn2)[C@H](c2ccncc2)n2ncnc2N1. The molecule has 0 aliphatic carbocycles. The van der Waals surface area contributed by atoms with Crippen LogP contribution in [0.15, 0.2) is 66.5 Å². The molecule has 8 heteroatoms. The van der Waals surface area contributed by atoms with Crippen LogP contribution in [0.25, 0.3) is 0 Å². The number of amides is 1. The summed E-state index contributed by atoms with van der Waals surface area (Å²) in [6.07, 6.45) is 6.48. The summed E-state index contributed by atoms with van der Waals surface area (Å²) in [6.45, 7) is 1.85. The van der Waals surface area contributed by atoms with Crippen LogP contribution in [0.2, 0.25) is 0 Å². The minimum Gasteiger partial charge on any atom is -0.328 e. The Balaban J connectivity index is 1.77. The van der Waals surface area contributed by atoms with E-state index in [1.807, 2.05) is 25.1 Å². The highest BCUT2D eigenvalue weighted by molar-refractivity contribution is 6.05. The number of hydrogen-bond acceptors (Lipinski definition) is 6. The van der Waals surface area contributed by atoms with Crippen LogP contribution >= 0.6 is 0 Å². The van der Waals surface area contributed by atoms with Crippen molar-refractivity contribution >= 4 is 17.7 Å². The second kappa shape index (κ2) is 6.16. The summed E-state index contributed by atoms with van der Waals surface area (Å²) in [5, 5.41) is 10.2. The van der Waals surface area contributed by atoms with Gasteiger partial charge in [0, 0.05) is 24.3 Å². The average Bonchev–Trinajstić information content (AvgIpc) is 3.10. The van der Waals surface area contributed by atoms with Crippen molar-refractivity contribution in [3.63, 3.8) is 0 Å². The lowest BCUT2D eigenvalue weighted by molar-refractivity contribution is -0.113. The lowest BCUT2D eigenvalue weighted by atomic mass is 9.96. The Kier molecular flexibility index (Phi) is 3.70. The van der Waals surface area contributed by atoms with Crippen molar-refractivity contribution in [2.75, 3.05) is 10.6 Å². The first-order valence-electron chi connectivity index (χ1n) is 7.73. The fraction of sp³-hybridized carbons (Fsp3) is 0.118. The maximum absolute atomic E-state index is 13.0. The second-order valence-electron chi connectivity index (χ2n) is 5.54. The number of carbonyl (C=O) groups excluding carboxylic acids is 1. The summed E-state index contributed by atoms with van der Waals surface area (Å²) in [4.78, 5) is 25.4. The lowest BCUT2D eigenvalue weighted by Crippen LogP contribution is -2.31. The van der Waals surface area contributed by atoms with Gasteiger partial charge in [-0.3, -0.25) is 9.78 Å². The molecular weight excluding hydrogens is 318 g/mol. The van der Waals surface area contributed by atoms with Crippen LogP contribution in [0.3, 0.4) is 0 Å². The Morgan fingerprint density at radius 1 is 1.16 bits per heavy atom. The molecule has 0 aromatic carbocycles. The summed E-state index contributed by atoms with van der Waals surface area (Å²) in [6, 6.07) is 8.69. The fourth-order valence-corrected chi connectivity index (χ4v) is 2.86. The maximum Gasteiger partial charge on any atom is 0.257 e. The number of fused-ring (bicyclic) bond motifs is 1. The van der Waals surface area contributed by atoms with Gasteiger partial charge in [-0.25, -0.2) is 9.67 Å². The van der Waals surface area contributed by atoms with E-state index >= 15 is 0 Å². The van der Waals surface area contributed by atoms with E-state index in [0.717, 1.165) is 11.3 Å². The highest BCUT2D eigenvalue weighted by Crippen LogP contribution is 2.34. The maximum atomic E-state index is 13.0. The monoisotopic (exact) mass is 333 g/mol. The van der Waals surface area contributed by atoms with Crippen molar-refractivity contribution in [2.45, 2.75) is 13.0 Å². The van der Waals surface area contributed by atoms with Gasteiger partial charge in [0.2, 0.25) is 5.95 Å². The zero-order valence-electron chi connectivity index (χ0n) is 13.4. The van der Waals surface area contributed by atoms with Crippen LogP contribution < -0.4 is 10.6 Å². The van der Waals surface area contributed by atoms with E-state index in [0.29, 0.717) is 17.3 Å². The molecule has 0 bridgehead atoms. The molecule has 3 aromatic heterocycles. The molecule has 0 spiro atoms.